The van der Waals surface area contributed by atoms with Crippen LogP contribution in [0, 0.1) is 27.3 Å². The lowest BCUT2D eigenvalue weighted by molar-refractivity contribution is -0.385. The minimum Gasteiger partial charge on any atom is -0.309 e. The quantitative estimate of drug-likeness (QED) is 0.489. The van der Waals surface area contributed by atoms with Crippen molar-refractivity contribution in [2.45, 2.75) is 13.3 Å². The molecule has 0 radical (unpaired) electrons. The zero-order valence-electron chi connectivity index (χ0n) is 11.3. The molecule has 5 nitrogen and oxygen atoms in total. The lowest BCUT2D eigenvalue weighted by Gasteiger charge is -2.20. The third-order valence-electron chi connectivity index (χ3n) is 2.94. The summed E-state index contributed by atoms with van der Waals surface area (Å²) in [7, 11) is 3.78. The van der Waals surface area contributed by atoms with E-state index in [1.807, 2.05) is 25.9 Å². The molecule has 0 aliphatic carbocycles. The summed E-state index contributed by atoms with van der Waals surface area (Å²) in [6, 6.07) is 3.41. The van der Waals surface area contributed by atoms with Crippen molar-refractivity contribution in [3.05, 3.63) is 39.7 Å². The minimum atomic E-state index is -0.712. The number of hydrogen-bond donors (Lipinski definition) is 1. The Morgan fingerprint density at radius 2 is 2.16 bits per heavy atom. The molecule has 0 aromatic heterocycles. The maximum Gasteiger partial charge on any atom is 0.272 e. The number of hydrogen-bond acceptors (Lipinski definition) is 4. The normalized spacial score (nSPS) is 12.5. The average Bonchev–Trinajstić information content (AvgIpc) is 2.34. The van der Waals surface area contributed by atoms with Gasteiger partial charge in [-0.2, -0.15) is 0 Å². The first-order chi connectivity index (χ1) is 8.86. The number of nitro groups is 1. The van der Waals surface area contributed by atoms with Crippen molar-refractivity contribution >= 4 is 11.4 Å². The van der Waals surface area contributed by atoms with Crippen LogP contribution in [0.5, 0.6) is 0 Å². The second kappa shape index (κ2) is 6.38. The van der Waals surface area contributed by atoms with Crippen LogP contribution in [0.15, 0.2) is 18.2 Å². The number of benzene rings is 1. The van der Waals surface area contributed by atoms with Gasteiger partial charge in [0.25, 0.3) is 5.69 Å². The summed E-state index contributed by atoms with van der Waals surface area (Å²) >= 11 is 0. The highest BCUT2D eigenvalue weighted by molar-refractivity contribution is 6.00. The average molecular weight is 267 g/mol. The molecular formula is C13H18FN3O2. The first-order valence-corrected chi connectivity index (χ1v) is 6.04. The molecule has 104 valence electrons. The molecule has 0 saturated carbocycles. The van der Waals surface area contributed by atoms with Crippen molar-refractivity contribution in [3.63, 3.8) is 0 Å². The van der Waals surface area contributed by atoms with E-state index < -0.39 is 10.7 Å². The van der Waals surface area contributed by atoms with Crippen LogP contribution < -0.4 is 0 Å². The Kier molecular flexibility index (Phi) is 5.11. The van der Waals surface area contributed by atoms with Gasteiger partial charge in [-0.05, 0) is 26.6 Å². The summed E-state index contributed by atoms with van der Waals surface area (Å²) in [5.74, 6) is -0.803. The van der Waals surface area contributed by atoms with Gasteiger partial charge in [0.15, 0.2) is 0 Å². The van der Waals surface area contributed by atoms with Crippen molar-refractivity contribution in [3.8, 4) is 0 Å². The number of nitro benzene ring substituents is 1. The van der Waals surface area contributed by atoms with E-state index in [9.17, 15) is 14.5 Å². The van der Waals surface area contributed by atoms with Gasteiger partial charge in [0.1, 0.15) is 5.82 Å². The fraction of sp³-hybridized carbons (Fsp3) is 0.462. The van der Waals surface area contributed by atoms with Crippen LogP contribution in [0.2, 0.25) is 0 Å². The number of rotatable bonds is 6. The van der Waals surface area contributed by atoms with E-state index in [-0.39, 0.29) is 22.9 Å². The van der Waals surface area contributed by atoms with Crippen molar-refractivity contribution in [2.24, 2.45) is 5.92 Å². The highest BCUT2D eigenvalue weighted by Crippen LogP contribution is 2.20. The Morgan fingerprint density at radius 3 is 2.58 bits per heavy atom. The SMILES string of the molecule is CCC(CN(C)C)C(=N)c1ccc([N+](=O)[O-])cc1F. The third-order valence-corrected chi connectivity index (χ3v) is 2.94. The topological polar surface area (TPSA) is 70.2 Å². The van der Waals surface area contributed by atoms with Crippen molar-refractivity contribution < 1.29 is 9.31 Å². The van der Waals surface area contributed by atoms with Crippen molar-refractivity contribution in [1.82, 2.24) is 4.90 Å². The van der Waals surface area contributed by atoms with Gasteiger partial charge in [0.2, 0.25) is 0 Å². The first kappa shape index (κ1) is 15.2. The van der Waals surface area contributed by atoms with Gasteiger partial charge in [-0.3, -0.25) is 10.1 Å². The maximum atomic E-state index is 13.8. The number of nitrogens with one attached hydrogen (secondary N) is 1. The van der Waals surface area contributed by atoms with Crippen LogP contribution in [-0.2, 0) is 0 Å². The number of nitrogens with zero attached hydrogens (tertiary/aromatic N) is 2. The van der Waals surface area contributed by atoms with Crippen LogP contribution in [0.25, 0.3) is 0 Å². The van der Waals surface area contributed by atoms with Gasteiger partial charge < -0.3 is 10.3 Å². The molecule has 0 aliphatic rings. The van der Waals surface area contributed by atoms with Gasteiger partial charge in [0.05, 0.1) is 11.0 Å². The second-order valence-electron chi connectivity index (χ2n) is 4.70. The lowest BCUT2D eigenvalue weighted by Crippen LogP contribution is -2.28. The van der Waals surface area contributed by atoms with Gasteiger partial charge >= 0.3 is 0 Å². The fourth-order valence-corrected chi connectivity index (χ4v) is 1.92. The molecule has 0 bridgehead atoms. The van der Waals surface area contributed by atoms with E-state index >= 15 is 0 Å². The highest BCUT2D eigenvalue weighted by Gasteiger charge is 2.20. The molecule has 0 saturated heterocycles. The third kappa shape index (κ3) is 3.82. The largest absolute Gasteiger partial charge is 0.309 e. The van der Waals surface area contributed by atoms with E-state index in [1.165, 1.54) is 12.1 Å². The molecule has 0 spiro atoms. The summed E-state index contributed by atoms with van der Waals surface area (Å²) < 4.78 is 13.8. The zero-order valence-corrected chi connectivity index (χ0v) is 11.3. The maximum absolute atomic E-state index is 13.8. The van der Waals surface area contributed by atoms with Gasteiger partial charge in [-0.1, -0.05) is 6.92 Å². The number of non-ortho nitro benzene ring substituents is 1. The van der Waals surface area contributed by atoms with Crippen LogP contribution in [0.1, 0.15) is 18.9 Å². The van der Waals surface area contributed by atoms with E-state index in [2.05, 4.69) is 0 Å². The smallest absolute Gasteiger partial charge is 0.272 e. The molecule has 1 N–H and O–H groups in total. The molecule has 19 heavy (non-hydrogen) atoms. The molecule has 0 aliphatic heterocycles. The summed E-state index contributed by atoms with van der Waals surface area (Å²) in [5, 5.41) is 18.6. The standard InChI is InChI=1S/C13H18FN3O2/c1-4-9(8-16(2)3)13(15)11-6-5-10(17(18)19)7-12(11)14/h5-7,9,15H,4,8H2,1-3H3. The molecular weight excluding hydrogens is 249 g/mol. The van der Waals surface area contributed by atoms with E-state index in [0.717, 1.165) is 6.07 Å². The van der Waals surface area contributed by atoms with Gasteiger partial charge in [0, 0.05) is 29.8 Å². The Bertz CT molecular complexity index is 489. The van der Waals surface area contributed by atoms with E-state index in [0.29, 0.717) is 13.0 Å². The molecule has 1 unspecified atom stereocenters. The highest BCUT2D eigenvalue weighted by atomic mass is 19.1. The molecule has 1 aromatic rings. The van der Waals surface area contributed by atoms with Gasteiger partial charge in [-0.25, -0.2) is 4.39 Å². The molecule has 6 heteroatoms. The Hall–Kier alpha value is -1.82. The van der Waals surface area contributed by atoms with Crippen molar-refractivity contribution in [1.29, 1.82) is 5.41 Å². The molecule has 1 aromatic carbocycles. The minimum absolute atomic E-state index is 0.0917. The molecule has 0 fully saturated rings. The Labute approximate surface area is 111 Å². The van der Waals surface area contributed by atoms with E-state index in [4.69, 9.17) is 5.41 Å². The fourth-order valence-electron chi connectivity index (χ4n) is 1.92. The number of halogens is 1. The zero-order chi connectivity index (χ0) is 14.6. The predicted octanol–water partition coefficient (Wildman–Crippen LogP) is 2.69. The molecule has 1 rings (SSSR count). The molecule has 0 amide bonds. The van der Waals surface area contributed by atoms with E-state index in [1.54, 1.807) is 0 Å². The predicted molar refractivity (Wildman–Crippen MR) is 72.2 cm³/mol. The second-order valence-corrected chi connectivity index (χ2v) is 4.70. The summed E-state index contributed by atoms with van der Waals surface area (Å²) in [4.78, 5) is 11.8. The molecule has 1 atom stereocenters. The van der Waals surface area contributed by atoms with Crippen LogP contribution >= 0.6 is 0 Å². The molecule has 0 heterocycles. The summed E-state index contributed by atoms with van der Waals surface area (Å²) in [6.45, 7) is 2.58. The Morgan fingerprint density at radius 1 is 1.53 bits per heavy atom. The summed E-state index contributed by atoms with van der Waals surface area (Å²) in [5.41, 5.74) is 0.0256. The monoisotopic (exact) mass is 267 g/mol. The van der Waals surface area contributed by atoms with Crippen LogP contribution in [-0.4, -0.2) is 36.2 Å². The first-order valence-electron chi connectivity index (χ1n) is 6.04. The van der Waals surface area contributed by atoms with Crippen LogP contribution in [0.3, 0.4) is 0 Å². The summed E-state index contributed by atoms with van der Waals surface area (Å²) in [6.07, 6.45) is 0.716. The van der Waals surface area contributed by atoms with Gasteiger partial charge in [-0.15, -0.1) is 0 Å². The van der Waals surface area contributed by atoms with Crippen molar-refractivity contribution in [2.75, 3.05) is 20.6 Å². The van der Waals surface area contributed by atoms with Crippen LogP contribution in [0.4, 0.5) is 10.1 Å². The Balaban J connectivity index is 3.02. The lowest BCUT2D eigenvalue weighted by atomic mass is 9.93.